The van der Waals surface area contributed by atoms with Crippen molar-refractivity contribution in [2.45, 2.75) is 0 Å². The predicted molar refractivity (Wildman–Crippen MR) is 117 cm³/mol. The number of carbonyl (C=O) groups is 1. The van der Waals surface area contributed by atoms with Gasteiger partial charge in [0.25, 0.3) is 0 Å². The molecule has 6 nitrogen and oxygen atoms in total. The Bertz CT molecular complexity index is 1040. The van der Waals surface area contributed by atoms with Gasteiger partial charge in [-0.2, -0.15) is 0 Å². The topological polar surface area (TPSA) is 74.2 Å². The fourth-order valence-corrected chi connectivity index (χ4v) is 3.72. The monoisotopic (exact) mass is 426 g/mol. The number of thiophene rings is 1. The summed E-state index contributed by atoms with van der Waals surface area (Å²) < 4.78 is 21.2. The number of rotatable bonds is 8. The smallest absolute Gasteiger partial charge is 0.200 e. The number of benzene rings is 2. The summed E-state index contributed by atoms with van der Waals surface area (Å²) in [5.74, 6) is 1.16. The largest absolute Gasteiger partial charge is 0.502 e. The third-order valence-corrected chi connectivity index (χ3v) is 5.42. The number of phenols is 1. The lowest BCUT2D eigenvalue weighted by molar-refractivity contribution is 0.104. The Morgan fingerprint density at radius 2 is 1.53 bits per heavy atom. The molecule has 0 saturated heterocycles. The van der Waals surface area contributed by atoms with E-state index in [1.165, 1.54) is 32.4 Å². The van der Waals surface area contributed by atoms with Crippen molar-refractivity contribution in [3.63, 3.8) is 0 Å². The van der Waals surface area contributed by atoms with E-state index in [1.54, 1.807) is 37.7 Å². The Morgan fingerprint density at radius 1 is 0.900 bits per heavy atom. The number of phenolic OH excluding ortho intramolecular Hbond substituents is 1. The minimum absolute atomic E-state index is 0.155. The fourth-order valence-electron chi connectivity index (χ4n) is 2.98. The van der Waals surface area contributed by atoms with Crippen LogP contribution < -0.4 is 18.9 Å². The highest BCUT2D eigenvalue weighted by Gasteiger charge is 2.15. The highest BCUT2D eigenvalue weighted by molar-refractivity contribution is 7.13. The minimum atomic E-state index is -0.276. The fraction of sp³-hybridized carbons (Fsp3) is 0.174. The average molecular weight is 426 g/mol. The highest BCUT2D eigenvalue weighted by atomic mass is 32.1. The van der Waals surface area contributed by atoms with Crippen molar-refractivity contribution in [2.75, 3.05) is 28.4 Å². The van der Waals surface area contributed by atoms with E-state index in [0.717, 1.165) is 16.0 Å². The molecule has 0 atom stereocenters. The molecule has 156 valence electrons. The lowest BCUT2D eigenvalue weighted by Gasteiger charge is -2.12. The second kappa shape index (κ2) is 9.37. The Hall–Kier alpha value is -3.45. The minimum Gasteiger partial charge on any atom is -0.502 e. The van der Waals surface area contributed by atoms with Crippen LogP contribution in [0.2, 0.25) is 0 Å². The summed E-state index contributed by atoms with van der Waals surface area (Å²) in [7, 11) is 5.99. The number of hydrogen-bond acceptors (Lipinski definition) is 7. The van der Waals surface area contributed by atoms with Crippen LogP contribution in [0.25, 0.3) is 16.5 Å². The normalized spacial score (nSPS) is 10.8. The van der Waals surface area contributed by atoms with Crippen molar-refractivity contribution >= 4 is 23.2 Å². The van der Waals surface area contributed by atoms with Gasteiger partial charge in [-0.15, -0.1) is 11.3 Å². The summed E-state index contributed by atoms with van der Waals surface area (Å²) >= 11 is 1.60. The van der Waals surface area contributed by atoms with Crippen molar-refractivity contribution in [1.82, 2.24) is 0 Å². The standard InChI is InChI=1S/C23H22O6S/c1-26-18-13-19(27-2)16(22-6-5-9-30-22)10-14(18)7-8-17(24)15-11-20(28-3)23(25)21(12-15)29-4/h5-13,25H,1-4H3/b8-7+. The number of methoxy groups -OCH3 is 4. The van der Waals surface area contributed by atoms with Crippen LogP contribution in [0.5, 0.6) is 28.7 Å². The van der Waals surface area contributed by atoms with Gasteiger partial charge in [-0.3, -0.25) is 4.79 Å². The van der Waals surface area contributed by atoms with Crippen LogP contribution in [-0.4, -0.2) is 39.3 Å². The van der Waals surface area contributed by atoms with Crippen molar-refractivity contribution in [2.24, 2.45) is 0 Å². The van der Waals surface area contributed by atoms with Crippen LogP contribution in [0.4, 0.5) is 0 Å². The lowest BCUT2D eigenvalue weighted by Crippen LogP contribution is -1.98. The van der Waals surface area contributed by atoms with Crippen LogP contribution in [0.3, 0.4) is 0 Å². The molecule has 0 fully saturated rings. The van der Waals surface area contributed by atoms with E-state index < -0.39 is 0 Å². The lowest BCUT2D eigenvalue weighted by atomic mass is 10.0. The second-order valence-electron chi connectivity index (χ2n) is 6.20. The van der Waals surface area contributed by atoms with Gasteiger partial charge in [0.1, 0.15) is 11.5 Å². The maximum absolute atomic E-state index is 12.8. The first-order valence-electron chi connectivity index (χ1n) is 8.99. The van der Waals surface area contributed by atoms with Gasteiger partial charge < -0.3 is 24.1 Å². The Morgan fingerprint density at radius 3 is 2.07 bits per heavy atom. The van der Waals surface area contributed by atoms with Crippen LogP contribution in [-0.2, 0) is 0 Å². The zero-order chi connectivity index (χ0) is 21.7. The Balaban J connectivity index is 1.99. The van der Waals surface area contributed by atoms with E-state index in [2.05, 4.69) is 0 Å². The molecule has 3 aromatic rings. The van der Waals surface area contributed by atoms with Gasteiger partial charge in [0.15, 0.2) is 17.3 Å². The molecule has 0 bridgehead atoms. The summed E-state index contributed by atoms with van der Waals surface area (Å²) in [5, 5.41) is 12.0. The third-order valence-electron chi connectivity index (χ3n) is 4.52. The van der Waals surface area contributed by atoms with E-state index in [9.17, 15) is 9.90 Å². The SMILES string of the molecule is COc1cc(OC)c(-c2cccs2)cc1/C=C/C(=O)c1cc(OC)c(O)c(OC)c1. The summed E-state index contributed by atoms with van der Waals surface area (Å²) in [4.78, 5) is 13.8. The predicted octanol–water partition coefficient (Wildman–Crippen LogP) is 5.05. The summed E-state index contributed by atoms with van der Waals surface area (Å²) in [6, 6.07) is 10.6. The molecule has 2 aromatic carbocycles. The molecule has 0 aliphatic carbocycles. The van der Waals surface area contributed by atoms with Crippen LogP contribution >= 0.6 is 11.3 Å². The molecule has 0 radical (unpaired) electrons. The molecule has 0 aliphatic heterocycles. The summed E-state index contributed by atoms with van der Waals surface area (Å²) in [6.45, 7) is 0. The number of hydrogen-bond donors (Lipinski definition) is 1. The number of allylic oxidation sites excluding steroid dienone is 1. The molecule has 0 saturated carbocycles. The van der Waals surface area contributed by atoms with Crippen molar-refractivity contribution < 1.29 is 28.8 Å². The van der Waals surface area contributed by atoms with Gasteiger partial charge in [0, 0.05) is 27.6 Å². The van der Waals surface area contributed by atoms with E-state index in [0.29, 0.717) is 17.1 Å². The van der Waals surface area contributed by atoms with Gasteiger partial charge in [0.2, 0.25) is 5.75 Å². The van der Waals surface area contributed by atoms with Gasteiger partial charge >= 0.3 is 0 Å². The molecule has 0 aliphatic rings. The second-order valence-corrected chi connectivity index (χ2v) is 7.15. The third kappa shape index (κ3) is 4.26. The van der Waals surface area contributed by atoms with Crippen molar-refractivity contribution in [3.8, 4) is 39.2 Å². The van der Waals surface area contributed by atoms with Crippen LogP contribution in [0.15, 0.2) is 47.9 Å². The van der Waals surface area contributed by atoms with Crippen LogP contribution in [0.1, 0.15) is 15.9 Å². The summed E-state index contributed by atoms with van der Waals surface area (Å²) in [5.41, 5.74) is 1.96. The zero-order valence-corrected chi connectivity index (χ0v) is 17.9. The van der Waals surface area contributed by atoms with E-state index >= 15 is 0 Å². The molecule has 1 heterocycles. The molecule has 1 aromatic heterocycles. The molecule has 0 spiro atoms. The van der Waals surface area contributed by atoms with E-state index in [4.69, 9.17) is 18.9 Å². The number of aromatic hydroxyl groups is 1. The van der Waals surface area contributed by atoms with Crippen molar-refractivity contribution in [1.29, 1.82) is 0 Å². The quantitative estimate of drug-likeness (QED) is 0.401. The van der Waals surface area contributed by atoms with E-state index in [-0.39, 0.29) is 23.0 Å². The maximum Gasteiger partial charge on any atom is 0.200 e. The highest BCUT2D eigenvalue weighted by Crippen LogP contribution is 2.39. The molecule has 30 heavy (non-hydrogen) atoms. The number of carbonyl (C=O) groups excluding carboxylic acids is 1. The van der Waals surface area contributed by atoms with Crippen LogP contribution in [0, 0.1) is 0 Å². The molecule has 1 N–H and O–H groups in total. The molecule has 0 unspecified atom stereocenters. The molecular formula is C23H22O6S. The van der Waals surface area contributed by atoms with Gasteiger partial charge in [-0.1, -0.05) is 6.07 Å². The molecule has 3 rings (SSSR count). The first kappa shape index (κ1) is 21.3. The number of ether oxygens (including phenoxy) is 4. The first-order chi connectivity index (χ1) is 14.5. The van der Waals surface area contributed by atoms with Crippen molar-refractivity contribution in [3.05, 3.63) is 59.0 Å². The summed E-state index contributed by atoms with van der Waals surface area (Å²) in [6.07, 6.45) is 3.12. The van der Waals surface area contributed by atoms with E-state index in [1.807, 2.05) is 23.6 Å². The Labute approximate surface area is 178 Å². The Kier molecular flexibility index (Phi) is 6.64. The molecule has 7 heteroatoms. The number of ketones is 1. The molecule has 0 amide bonds. The average Bonchev–Trinajstić information content (AvgIpc) is 3.31. The van der Waals surface area contributed by atoms with Gasteiger partial charge in [-0.25, -0.2) is 0 Å². The maximum atomic E-state index is 12.8. The molecular weight excluding hydrogens is 404 g/mol. The van der Waals surface area contributed by atoms with Gasteiger partial charge in [-0.05, 0) is 41.8 Å². The first-order valence-corrected chi connectivity index (χ1v) is 9.87. The zero-order valence-electron chi connectivity index (χ0n) is 17.1. The van der Waals surface area contributed by atoms with Gasteiger partial charge in [0.05, 0.1) is 28.4 Å².